The van der Waals surface area contributed by atoms with Crippen LogP contribution in [0.25, 0.3) is 0 Å². The number of nitrogens with one attached hydrogen (secondary N) is 2. The molecule has 0 aliphatic rings. The molecule has 0 aliphatic carbocycles. The smallest absolute Gasteiger partial charge is 0.323 e. The van der Waals surface area contributed by atoms with Crippen LogP contribution in [-0.2, 0) is 0 Å². The number of ether oxygens (including phenoxy) is 1. The van der Waals surface area contributed by atoms with E-state index in [4.69, 9.17) is 15.7 Å². The maximum Gasteiger partial charge on any atom is 0.323 e. The predicted octanol–water partition coefficient (Wildman–Crippen LogP) is 1.15. The number of hydrazine groups is 1. The summed E-state index contributed by atoms with van der Waals surface area (Å²) < 4.78 is 5.46. The number of aliphatic hydroxyl groups excluding tert-OH is 1. The number of anilines is 2. The van der Waals surface area contributed by atoms with Crippen LogP contribution in [0.3, 0.4) is 0 Å². The number of nitrogens with two attached hydrogens (primary N) is 1. The van der Waals surface area contributed by atoms with Gasteiger partial charge in [0.1, 0.15) is 0 Å². The van der Waals surface area contributed by atoms with E-state index in [9.17, 15) is 0 Å². The Bertz CT molecular complexity index is 410. The van der Waals surface area contributed by atoms with E-state index in [1.807, 2.05) is 13.8 Å². The Morgan fingerprint density at radius 2 is 1.90 bits per heavy atom. The first kappa shape index (κ1) is 17.4. The molecule has 0 saturated carbocycles. The van der Waals surface area contributed by atoms with Gasteiger partial charge in [-0.2, -0.15) is 15.0 Å². The Kier molecular flexibility index (Phi) is 7.70. The first-order valence-corrected chi connectivity index (χ1v) is 7.33. The molecule has 1 rings (SSSR count). The van der Waals surface area contributed by atoms with E-state index in [0.29, 0.717) is 18.4 Å². The van der Waals surface area contributed by atoms with Crippen molar-refractivity contribution in [3.8, 4) is 6.01 Å². The van der Waals surface area contributed by atoms with Crippen molar-refractivity contribution in [3.05, 3.63) is 0 Å². The van der Waals surface area contributed by atoms with Crippen LogP contribution >= 0.6 is 0 Å². The van der Waals surface area contributed by atoms with Crippen LogP contribution in [0.15, 0.2) is 0 Å². The summed E-state index contributed by atoms with van der Waals surface area (Å²) in [6.07, 6.45) is 2.83. The third-order valence-electron chi connectivity index (χ3n) is 2.87. The fraction of sp³-hybridized carbons (Fsp3) is 0.769. The Balaban J connectivity index is 2.71. The van der Waals surface area contributed by atoms with Crippen LogP contribution in [0, 0.1) is 5.92 Å². The molecule has 120 valence electrons. The number of nitrogens with zero attached hydrogens (tertiary/aromatic N) is 3. The number of nitrogen functional groups attached to an aromatic ring is 1. The van der Waals surface area contributed by atoms with E-state index in [1.165, 1.54) is 0 Å². The molecular weight excluding hydrogens is 272 g/mol. The molecule has 21 heavy (non-hydrogen) atoms. The lowest BCUT2D eigenvalue weighted by Gasteiger charge is -2.16. The largest absolute Gasteiger partial charge is 0.461 e. The predicted molar refractivity (Wildman–Crippen MR) is 82.0 cm³/mol. The first-order valence-electron chi connectivity index (χ1n) is 7.33. The Morgan fingerprint density at radius 1 is 1.19 bits per heavy atom. The SMILES string of the molecule is CCCC(CCO)CNc1nc(NN)nc(OC(C)C)n1. The molecule has 0 aliphatic heterocycles. The van der Waals surface area contributed by atoms with Crippen molar-refractivity contribution in [2.45, 2.75) is 46.1 Å². The van der Waals surface area contributed by atoms with Crippen molar-refractivity contribution in [1.82, 2.24) is 15.0 Å². The normalized spacial score (nSPS) is 12.3. The van der Waals surface area contributed by atoms with Crippen LogP contribution in [0.4, 0.5) is 11.9 Å². The van der Waals surface area contributed by atoms with Crippen LogP contribution in [0.5, 0.6) is 6.01 Å². The first-order chi connectivity index (χ1) is 10.1. The lowest BCUT2D eigenvalue weighted by atomic mass is 10.0. The standard InChI is InChI=1S/C13H26N6O2/c1-4-5-10(6-7-20)8-15-11-16-12(19-14)18-13(17-11)21-9(2)3/h9-10,20H,4-8,14H2,1-3H3,(H2,15,16,17,18,19). The van der Waals surface area contributed by atoms with Crippen molar-refractivity contribution < 1.29 is 9.84 Å². The molecule has 0 saturated heterocycles. The summed E-state index contributed by atoms with van der Waals surface area (Å²) in [6.45, 7) is 6.78. The van der Waals surface area contributed by atoms with Crippen LogP contribution in [0.2, 0.25) is 0 Å². The molecule has 0 aromatic carbocycles. The molecule has 1 unspecified atom stereocenters. The molecule has 0 fully saturated rings. The van der Waals surface area contributed by atoms with E-state index in [1.54, 1.807) is 0 Å². The van der Waals surface area contributed by atoms with Gasteiger partial charge in [0.25, 0.3) is 0 Å². The molecule has 0 spiro atoms. The summed E-state index contributed by atoms with van der Waals surface area (Å²) in [7, 11) is 0. The van der Waals surface area contributed by atoms with E-state index < -0.39 is 0 Å². The van der Waals surface area contributed by atoms with Gasteiger partial charge in [0.05, 0.1) is 6.10 Å². The monoisotopic (exact) mass is 298 g/mol. The molecule has 1 aromatic heterocycles. The summed E-state index contributed by atoms with van der Waals surface area (Å²) in [5, 5.41) is 12.2. The van der Waals surface area contributed by atoms with Gasteiger partial charge in [-0.25, -0.2) is 5.84 Å². The highest BCUT2D eigenvalue weighted by Gasteiger charge is 2.11. The Labute approximate surface area is 125 Å². The molecule has 0 bridgehead atoms. The molecule has 1 aromatic rings. The van der Waals surface area contributed by atoms with Gasteiger partial charge in [0, 0.05) is 13.2 Å². The molecule has 5 N–H and O–H groups in total. The summed E-state index contributed by atoms with van der Waals surface area (Å²) in [5.74, 6) is 6.38. The molecule has 8 nitrogen and oxygen atoms in total. The van der Waals surface area contributed by atoms with Gasteiger partial charge in [-0.1, -0.05) is 13.3 Å². The zero-order valence-corrected chi connectivity index (χ0v) is 13.0. The van der Waals surface area contributed by atoms with Gasteiger partial charge in [-0.05, 0) is 32.6 Å². The van der Waals surface area contributed by atoms with Gasteiger partial charge in [-0.15, -0.1) is 0 Å². The third kappa shape index (κ3) is 6.54. The second kappa shape index (κ2) is 9.30. The molecule has 0 radical (unpaired) electrons. The van der Waals surface area contributed by atoms with Gasteiger partial charge in [0.2, 0.25) is 11.9 Å². The minimum Gasteiger partial charge on any atom is -0.461 e. The third-order valence-corrected chi connectivity index (χ3v) is 2.87. The lowest BCUT2D eigenvalue weighted by Crippen LogP contribution is -2.20. The zero-order chi connectivity index (χ0) is 15.7. The van der Waals surface area contributed by atoms with Crippen molar-refractivity contribution >= 4 is 11.9 Å². The van der Waals surface area contributed by atoms with E-state index in [0.717, 1.165) is 19.3 Å². The van der Waals surface area contributed by atoms with Gasteiger partial charge >= 0.3 is 6.01 Å². The minimum atomic E-state index is -0.0342. The summed E-state index contributed by atoms with van der Waals surface area (Å²) in [5.41, 5.74) is 2.40. The van der Waals surface area contributed by atoms with E-state index >= 15 is 0 Å². The maximum absolute atomic E-state index is 9.07. The van der Waals surface area contributed by atoms with E-state index in [2.05, 4.69) is 32.6 Å². The maximum atomic E-state index is 9.07. The van der Waals surface area contributed by atoms with Gasteiger partial charge in [0.15, 0.2) is 0 Å². The molecular formula is C13H26N6O2. The molecule has 1 heterocycles. The number of hydrogen-bond acceptors (Lipinski definition) is 8. The second-order valence-electron chi connectivity index (χ2n) is 5.12. The molecule has 8 heteroatoms. The zero-order valence-electron chi connectivity index (χ0n) is 13.0. The van der Waals surface area contributed by atoms with Gasteiger partial charge in [-0.3, -0.25) is 5.43 Å². The topological polar surface area (TPSA) is 118 Å². The molecule has 0 amide bonds. The number of aromatic nitrogens is 3. The highest BCUT2D eigenvalue weighted by molar-refractivity contribution is 5.34. The van der Waals surface area contributed by atoms with Crippen LogP contribution < -0.4 is 21.3 Å². The van der Waals surface area contributed by atoms with Crippen LogP contribution in [0.1, 0.15) is 40.0 Å². The lowest BCUT2D eigenvalue weighted by molar-refractivity contribution is 0.222. The number of aliphatic hydroxyl groups is 1. The Hall–Kier alpha value is -1.67. The molecule has 1 atom stereocenters. The second-order valence-corrected chi connectivity index (χ2v) is 5.12. The van der Waals surface area contributed by atoms with Crippen molar-refractivity contribution in [3.63, 3.8) is 0 Å². The number of hydrogen-bond donors (Lipinski definition) is 4. The highest BCUT2D eigenvalue weighted by atomic mass is 16.5. The Morgan fingerprint density at radius 3 is 2.48 bits per heavy atom. The highest BCUT2D eigenvalue weighted by Crippen LogP contribution is 2.15. The van der Waals surface area contributed by atoms with E-state index in [-0.39, 0.29) is 24.7 Å². The fourth-order valence-corrected chi connectivity index (χ4v) is 1.94. The summed E-state index contributed by atoms with van der Waals surface area (Å²) >= 11 is 0. The average molecular weight is 298 g/mol. The van der Waals surface area contributed by atoms with Crippen molar-refractivity contribution in [2.75, 3.05) is 23.9 Å². The van der Waals surface area contributed by atoms with Crippen molar-refractivity contribution in [2.24, 2.45) is 11.8 Å². The minimum absolute atomic E-state index is 0.0342. The summed E-state index contributed by atoms with van der Waals surface area (Å²) in [6, 6.07) is 0.227. The average Bonchev–Trinajstić information content (AvgIpc) is 2.44. The van der Waals surface area contributed by atoms with Crippen molar-refractivity contribution in [1.29, 1.82) is 0 Å². The van der Waals surface area contributed by atoms with Gasteiger partial charge < -0.3 is 15.2 Å². The fourth-order valence-electron chi connectivity index (χ4n) is 1.94. The quantitative estimate of drug-likeness (QED) is 0.375. The van der Waals surface area contributed by atoms with Crippen LogP contribution in [-0.4, -0.2) is 39.3 Å². The number of rotatable bonds is 10. The summed E-state index contributed by atoms with van der Waals surface area (Å²) in [4.78, 5) is 12.4.